The predicted molar refractivity (Wildman–Crippen MR) is 61.4 cm³/mol. The Balaban J connectivity index is 3.05. The summed E-state index contributed by atoms with van der Waals surface area (Å²) < 4.78 is 2.47. The third-order valence-electron chi connectivity index (χ3n) is 2.60. The van der Waals surface area contributed by atoms with Crippen molar-refractivity contribution in [3.8, 4) is 0 Å². The fourth-order valence-electron chi connectivity index (χ4n) is 1.19. The Hall–Kier alpha value is -1.36. The van der Waals surface area contributed by atoms with Crippen molar-refractivity contribution in [2.45, 2.75) is 33.4 Å². The van der Waals surface area contributed by atoms with Crippen LogP contribution < -0.4 is 11.1 Å². The SMILES string of the molecule is Cn1ccn(CC(O)C(C)(C)C)c(=O)c1=O. The molecule has 0 aliphatic heterocycles. The molecule has 0 fully saturated rings. The molecule has 0 saturated carbocycles. The van der Waals surface area contributed by atoms with Gasteiger partial charge in [0.2, 0.25) is 0 Å². The number of aliphatic hydroxyl groups is 1. The summed E-state index contributed by atoms with van der Waals surface area (Å²) >= 11 is 0. The number of aryl methyl sites for hydroxylation is 1. The molecule has 0 aliphatic rings. The van der Waals surface area contributed by atoms with Gasteiger partial charge in [0.15, 0.2) is 0 Å². The van der Waals surface area contributed by atoms with Gasteiger partial charge in [-0.05, 0) is 5.41 Å². The van der Waals surface area contributed by atoms with Gasteiger partial charge in [-0.15, -0.1) is 0 Å². The number of nitrogens with zero attached hydrogens (tertiary/aromatic N) is 2. The third-order valence-corrected chi connectivity index (χ3v) is 2.60. The third kappa shape index (κ3) is 2.61. The fourth-order valence-corrected chi connectivity index (χ4v) is 1.19. The second-order valence-electron chi connectivity index (χ2n) is 5.05. The maximum atomic E-state index is 11.6. The highest BCUT2D eigenvalue weighted by molar-refractivity contribution is 4.86. The van der Waals surface area contributed by atoms with E-state index in [0.29, 0.717) is 0 Å². The van der Waals surface area contributed by atoms with Crippen molar-refractivity contribution in [1.29, 1.82) is 0 Å². The highest BCUT2D eigenvalue weighted by Crippen LogP contribution is 2.19. The van der Waals surface area contributed by atoms with Crippen molar-refractivity contribution >= 4 is 0 Å². The monoisotopic (exact) mass is 226 g/mol. The molecule has 1 atom stereocenters. The van der Waals surface area contributed by atoms with E-state index in [2.05, 4.69) is 0 Å². The van der Waals surface area contributed by atoms with Gasteiger partial charge in [0.25, 0.3) is 0 Å². The second kappa shape index (κ2) is 4.25. The summed E-state index contributed by atoms with van der Waals surface area (Å²) in [5, 5.41) is 9.86. The molecule has 1 heterocycles. The standard InChI is InChI=1S/C11H18N2O3/c1-11(2,3)8(14)7-13-6-5-12(4)9(15)10(13)16/h5-6,8,14H,7H2,1-4H3. The van der Waals surface area contributed by atoms with E-state index < -0.39 is 17.2 Å². The van der Waals surface area contributed by atoms with Crippen LogP contribution in [0.2, 0.25) is 0 Å². The van der Waals surface area contributed by atoms with Crippen LogP contribution in [-0.2, 0) is 13.6 Å². The first-order valence-corrected chi connectivity index (χ1v) is 5.17. The molecule has 0 saturated heterocycles. The highest BCUT2D eigenvalue weighted by Gasteiger charge is 2.22. The summed E-state index contributed by atoms with van der Waals surface area (Å²) in [6, 6.07) is 0. The average molecular weight is 226 g/mol. The molecular formula is C11H18N2O3. The number of rotatable bonds is 2. The number of hydrogen-bond donors (Lipinski definition) is 1. The smallest absolute Gasteiger partial charge is 0.316 e. The number of hydrogen-bond acceptors (Lipinski definition) is 3. The molecule has 0 spiro atoms. The molecule has 0 amide bonds. The first-order chi connectivity index (χ1) is 7.23. The minimum Gasteiger partial charge on any atom is -0.391 e. The number of aromatic nitrogens is 2. The van der Waals surface area contributed by atoms with E-state index in [0.717, 1.165) is 0 Å². The van der Waals surface area contributed by atoms with E-state index in [9.17, 15) is 14.7 Å². The van der Waals surface area contributed by atoms with E-state index in [1.165, 1.54) is 28.6 Å². The van der Waals surface area contributed by atoms with Crippen LogP contribution in [0.5, 0.6) is 0 Å². The summed E-state index contributed by atoms with van der Waals surface area (Å²) in [6.07, 6.45) is 2.36. The Bertz CT molecular complexity index is 479. The van der Waals surface area contributed by atoms with Gasteiger partial charge >= 0.3 is 11.1 Å². The largest absolute Gasteiger partial charge is 0.391 e. The normalized spacial score (nSPS) is 13.8. The van der Waals surface area contributed by atoms with Crippen molar-refractivity contribution < 1.29 is 5.11 Å². The van der Waals surface area contributed by atoms with Crippen LogP contribution in [0.4, 0.5) is 0 Å². The van der Waals surface area contributed by atoms with Gasteiger partial charge in [0, 0.05) is 19.4 Å². The van der Waals surface area contributed by atoms with Crippen molar-refractivity contribution in [3.05, 3.63) is 33.1 Å². The molecule has 90 valence electrons. The maximum absolute atomic E-state index is 11.6. The van der Waals surface area contributed by atoms with E-state index in [1.807, 2.05) is 20.8 Å². The molecule has 1 aromatic rings. The molecule has 1 N–H and O–H groups in total. The molecule has 16 heavy (non-hydrogen) atoms. The van der Waals surface area contributed by atoms with Crippen LogP contribution >= 0.6 is 0 Å². The zero-order valence-corrected chi connectivity index (χ0v) is 10.1. The molecule has 0 bridgehead atoms. The van der Waals surface area contributed by atoms with Gasteiger partial charge < -0.3 is 14.2 Å². The van der Waals surface area contributed by atoms with Gasteiger partial charge in [0.05, 0.1) is 12.6 Å². The lowest BCUT2D eigenvalue weighted by atomic mass is 9.89. The lowest BCUT2D eigenvalue weighted by Crippen LogP contribution is -2.43. The molecule has 1 rings (SSSR count). The summed E-state index contributed by atoms with van der Waals surface area (Å²) in [4.78, 5) is 22.9. The zero-order valence-electron chi connectivity index (χ0n) is 10.1. The van der Waals surface area contributed by atoms with E-state index in [1.54, 1.807) is 0 Å². The molecule has 5 heteroatoms. The Morgan fingerprint density at radius 2 is 1.81 bits per heavy atom. The summed E-state index contributed by atoms with van der Waals surface area (Å²) in [7, 11) is 1.52. The minimum absolute atomic E-state index is 0.137. The second-order valence-corrected chi connectivity index (χ2v) is 5.05. The van der Waals surface area contributed by atoms with E-state index in [-0.39, 0.29) is 12.0 Å². The van der Waals surface area contributed by atoms with Crippen LogP contribution in [0, 0.1) is 5.41 Å². The van der Waals surface area contributed by atoms with E-state index >= 15 is 0 Å². The van der Waals surface area contributed by atoms with Crippen LogP contribution in [0.1, 0.15) is 20.8 Å². The molecule has 1 unspecified atom stereocenters. The lowest BCUT2D eigenvalue weighted by Gasteiger charge is -2.26. The van der Waals surface area contributed by atoms with Gasteiger partial charge in [-0.3, -0.25) is 9.59 Å². The molecule has 5 nitrogen and oxygen atoms in total. The van der Waals surface area contributed by atoms with Gasteiger partial charge in [-0.2, -0.15) is 0 Å². The molecule has 0 aliphatic carbocycles. The van der Waals surface area contributed by atoms with Crippen molar-refractivity contribution in [3.63, 3.8) is 0 Å². The summed E-state index contributed by atoms with van der Waals surface area (Å²) in [5.41, 5.74) is -1.50. The lowest BCUT2D eigenvalue weighted by molar-refractivity contribution is 0.0470. The predicted octanol–water partition coefficient (Wildman–Crippen LogP) is -0.0460. The minimum atomic E-state index is -0.669. The fraction of sp³-hybridized carbons (Fsp3) is 0.636. The Morgan fingerprint density at radius 1 is 1.25 bits per heavy atom. The Kier molecular flexibility index (Phi) is 3.38. The zero-order chi connectivity index (χ0) is 12.5. The average Bonchev–Trinajstić information content (AvgIpc) is 2.17. The highest BCUT2D eigenvalue weighted by atomic mass is 16.3. The molecule has 0 radical (unpaired) electrons. The quantitative estimate of drug-likeness (QED) is 0.719. The van der Waals surface area contributed by atoms with Crippen molar-refractivity contribution in [1.82, 2.24) is 9.13 Å². The van der Waals surface area contributed by atoms with Crippen molar-refractivity contribution in [2.24, 2.45) is 12.5 Å². The van der Waals surface area contributed by atoms with Gasteiger partial charge in [-0.25, -0.2) is 0 Å². The molecule has 1 aromatic heterocycles. The van der Waals surface area contributed by atoms with Crippen LogP contribution in [0.15, 0.2) is 22.0 Å². The topological polar surface area (TPSA) is 64.2 Å². The van der Waals surface area contributed by atoms with Crippen LogP contribution in [0.25, 0.3) is 0 Å². The van der Waals surface area contributed by atoms with Crippen LogP contribution in [-0.4, -0.2) is 20.3 Å². The van der Waals surface area contributed by atoms with Gasteiger partial charge in [0.1, 0.15) is 0 Å². The van der Waals surface area contributed by atoms with E-state index in [4.69, 9.17) is 0 Å². The Morgan fingerprint density at radius 3 is 2.31 bits per heavy atom. The van der Waals surface area contributed by atoms with Gasteiger partial charge in [-0.1, -0.05) is 20.8 Å². The molecular weight excluding hydrogens is 208 g/mol. The maximum Gasteiger partial charge on any atom is 0.316 e. The first kappa shape index (κ1) is 12.7. The van der Waals surface area contributed by atoms with Crippen molar-refractivity contribution in [2.75, 3.05) is 0 Å². The number of aliphatic hydroxyl groups excluding tert-OH is 1. The summed E-state index contributed by atoms with van der Waals surface area (Å²) in [5.74, 6) is 0. The van der Waals surface area contributed by atoms with Crippen LogP contribution in [0.3, 0.4) is 0 Å². The Labute approximate surface area is 94.0 Å². The molecule has 0 aromatic carbocycles. The summed E-state index contributed by atoms with van der Waals surface area (Å²) in [6.45, 7) is 5.77. The first-order valence-electron chi connectivity index (χ1n) is 5.17.